The van der Waals surface area contributed by atoms with E-state index in [1.807, 2.05) is 0 Å². The molecule has 0 saturated heterocycles. The lowest BCUT2D eigenvalue weighted by Crippen LogP contribution is -2.20. The number of rotatable bonds is 6. The molecule has 1 N–H and O–H groups in total. The topological polar surface area (TPSA) is 76.7 Å². The highest BCUT2D eigenvalue weighted by molar-refractivity contribution is 5.46. The van der Waals surface area contributed by atoms with Gasteiger partial charge in [0.2, 0.25) is 11.7 Å². The summed E-state index contributed by atoms with van der Waals surface area (Å²) in [5.74, 6) is 1.02. The van der Waals surface area contributed by atoms with Gasteiger partial charge in [-0.3, -0.25) is 0 Å². The van der Waals surface area contributed by atoms with Crippen LogP contribution in [0.4, 0.5) is 0 Å². The van der Waals surface area contributed by atoms with Gasteiger partial charge in [-0.25, -0.2) is 9.97 Å². The number of aryl methyl sites for hydroxylation is 1. The first kappa shape index (κ1) is 15.3. The van der Waals surface area contributed by atoms with Crippen molar-refractivity contribution in [3.63, 3.8) is 0 Å². The highest BCUT2D eigenvalue weighted by Gasteiger charge is 2.13. The molecular formula is C17H19N5O. The third-order valence-electron chi connectivity index (χ3n) is 3.67. The molecule has 0 aliphatic carbocycles. The van der Waals surface area contributed by atoms with Crippen molar-refractivity contribution in [3.05, 3.63) is 59.9 Å². The molecule has 0 spiro atoms. The molecule has 0 amide bonds. The summed E-state index contributed by atoms with van der Waals surface area (Å²) < 4.78 is 5.28. The van der Waals surface area contributed by atoms with Crippen LogP contribution in [0.5, 0.6) is 0 Å². The fourth-order valence-corrected chi connectivity index (χ4v) is 2.36. The van der Waals surface area contributed by atoms with Crippen LogP contribution in [0.3, 0.4) is 0 Å². The number of hydrogen-bond acceptors (Lipinski definition) is 6. The van der Waals surface area contributed by atoms with Gasteiger partial charge in [-0.15, -0.1) is 0 Å². The molecule has 0 radical (unpaired) electrons. The maximum atomic E-state index is 5.28. The molecule has 0 bridgehead atoms. The Kier molecular flexibility index (Phi) is 4.73. The Bertz CT molecular complexity index is 739. The number of hydrogen-bond donors (Lipinski definition) is 1. The van der Waals surface area contributed by atoms with E-state index in [9.17, 15) is 0 Å². The first-order valence-electron chi connectivity index (χ1n) is 7.65. The highest BCUT2D eigenvalue weighted by Crippen LogP contribution is 2.18. The largest absolute Gasteiger partial charge is 0.337 e. The van der Waals surface area contributed by atoms with Gasteiger partial charge in [-0.1, -0.05) is 41.9 Å². The lowest BCUT2D eigenvalue weighted by molar-refractivity contribution is 0.356. The van der Waals surface area contributed by atoms with Crippen molar-refractivity contribution in [2.75, 3.05) is 0 Å². The molecule has 0 fully saturated rings. The number of benzene rings is 1. The van der Waals surface area contributed by atoms with E-state index in [1.165, 1.54) is 17.5 Å². The van der Waals surface area contributed by atoms with Gasteiger partial charge in [-0.05, 0) is 25.0 Å². The fourth-order valence-electron chi connectivity index (χ4n) is 2.36. The summed E-state index contributed by atoms with van der Waals surface area (Å²) in [6.45, 7) is 4.76. The summed E-state index contributed by atoms with van der Waals surface area (Å²) in [7, 11) is 0. The molecule has 0 aliphatic rings. The van der Waals surface area contributed by atoms with Crippen LogP contribution in [0.25, 0.3) is 11.5 Å². The summed E-state index contributed by atoms with van der Waals surface area (Å²) in [6.07, 6.45) is 4.10. The molecule has 0 aliphatic heterocycles. The van der Waals surface area contributed by atoms with Gasteiger partial charge < -0.3 is 9.84 Å². The summed E-state index contributed by atoms with van der Waals surface area (Å²) in [5, 5.41) is 7.42. The predicted octanol–water partition coefficient (Wildman–Crippen LogP) is 3.08. The first-order chi connectivity index (χ1) is 11.3. The third-order valence-corrected chi connectivity index (χ3v) is 3.67. The van der Waals surface area contributed by atoms with Crippen LogP contribution in [-0.4, -0.2) is 20.1 Å². The zero-order chi connectivity index (χ0) is 16.1. The second kappa shape index (κ2) is 7.11. The summed E-state index contributed by atoms with van der Waals surface area (Å²) in [5.41, 5.74) is 3.17. The van der Waals surface area contributed by atoms with Crippen molar-refractivity contribution >= 4 is 0 Å². The van der Waals surface area contributed by atoms with Crippen molar-refractivity contribution in [1.82, 2.24) is 25.4 Å². The number of nitrogens with one attached hydrogen (secondary N) is 1. The summed E-state index contributed by atoms with van der Waals surface area (Å²) in [4.78, 5) is 12.4. The van der Waals surface area contributed by atoms with Crippen molar-refractivity contribution in [1.29, 1.82) is 0 Å². The zero-order valence-corrected chi connectivity index (χ0v) is 13.2. The lowest BCUT2D eigenvalue weighted by Gasteiger charge is -2.16. The van der Waals surface area contributed by atoms with Crippen LogP contribution in [-0.2, 0) is 6.54 Å². The molecule has 2 aromatic heterocycles. The van der Waals surface area contributed by atoms with Crippen molar-refractivity contribution in [3.8, 4) is 11.5 Å². The predicted molar refractivity (Wildman–Crippen MR) is 86.4 cm³/mol. The maximum Gasteiger partial charge on any atom is 0.240 e. The Morgan fingerprint density at radius 1 is 1.17 bits per heavy atom. The minimum absolute atomic E-state index is 0.255. The molecule has 6 heteroatoms. The zero-order valence-electron chi connectivity index (χ0n) is 13.2. The Morgan fingerprint density at radius 2 is 2.00 bits per heavy atom. The molecule has 118 valence electrons. The van der Waals surface area contributed by atoms with Gasteiger partial charge in [0.05, 0.1) is 6.54 Å². The standard InChI is InChI=1S/C17H19N5O/c1-3-14(13-6-4-12(2)5-7-13)19-10-16-21-17(22-23-16)15-8-9-18-11-20-15/h4-9,11,14,19H,3,10H2,1-2H3. The van der Waals surface area contributed by atoms with Gasteiger partial charge >= 0.3 is 0 Å². The van der Waals surface area contributed by atoms with E-state index in [1.54, 1.807) is 12.3 Å². The Hall–Kier alpha value is -2.60. The monoisotopic (exact) mass is 309 g/mol. The van der Waals surface area contributed by atoms with Gasteiger partial charge in [0.25, 0.3) is 0 Å². The highest BCUT2D eigenvalue weighted by atomic mass is 16.5. The first-order valence-corrected chi connectivity index (χ1v) is 7.65. The lowest BCUT2D eigenvalue weighted by atomic mass is 10.0. The Morgan fingerprint density at radius 3 is 2.70 bits per heavy atom. The maximum absolute atomic E-state index is 5.28. The molecule has 0 saturated carbocycles. The smallest absolute Gasteiger partial charge is 0.240 e. The molecule has 3 rings (SSSR count). The molecule has 1 aromatic carbocycles. The van der Waals surface area contributed by atoms with E-state index < -0.39 is 0 Å². The van der Waals surface area contributed by atoms with Gasteiger partial charge in [0.1, 0.15) is 12.0 Å². The van der Waals surface area contributed by atoms with Crippen LogP contribution in [0.15, 0.2) is 47.4 Å². The average molecular weight is 309 g/mol. The molecule has 1 atom stereocenters. The van der Waals surface area contributed by atoms with Gasteiger partial charge in [0, 0.05) is 12.2 Å². The number of nitrogens with zero attached hydrogens (tertiary/aromatic N) is 4. The van der Waals surface area contributed by atoms with Gasteiger partial charge in [0.15, 0.2) is 0 Å². The third kappa shape index (κ3) is 3.78. The second-order valence-electron chi connectivity index (χ2n) is 5.36. The minimum Gasteiger partial charge on any atom is -0.337 e. The molecule has 3 aromatic rings. The SMILES string of the molecule is CCC(NCc1nc(-c2ccncn2)no1)c1ccc(C)cc1. The quantitative estimate of drug-likeness (QED) is 0.754. The Balaban J connectivity index is 1.65. The van der Waals surface area contributed by atoms with E-state index in [0.29, 0.717) is 24.0 Å². The molecule has 6 nitrogen and oxygen atoms in total. The summed E-state index contributed by atoms with van der Waals surface area (Å²) >= 11 is 0. The van der Waals surface area contributed by atoms with Crippen LogP contribution >= 0.6 is 0 Å². The van der Waals surface area contributed by atoms with E-state index in [2.05, 4.69) is 63.5 Å². The van der Waals surface area contributed by atoms with E-state index >= 15 is 0 Å². The van der Waals surface area contributed by atoms with Crippen LogP contribution < -0.4 is 5.32 Å². The average Bonchev–Trinajstić information content (AvgIpc) is 3.07. The number of aromatic nitrogens is 4. The van der Waals surface area contributed by atoms with Crippen LogP contribution in [0, 0.1) is 6.92 Å². The van der Waals surface area contributed by atoms with E-state index in [0.717, 1.165) is 6.42 Å². The Labute approximate surface area is 135 Å². The van der Waals surface area contributed by atoms with Crippen molar-refractivity contribution < 1.29 is 4.52 Å². The van der Waals surface area contributed by atoms with Crippen molar-refractivity contribution in [2.45, 2.75) is 32.9 Å². The summed E-state index contributed by atoms with van der Waals surface area (Å²) in [6, 6.07) is 10.6. The normalized spacial score (nSPS) is 12.3. The minimum atomic E-state index is 0.255. The van der Waals surface area contributed by atoms with Crippen molar-refractivity contribution in [2.24, 2.45) is 0 Å². The van der Waals surface area contributed by atoms with Gasteiger partial charge in [-0.2, -0.15) is 4.98 Å². The molecule has 23 heavy (non-hydrogen) atoms. The molecular weight excluding hydrogens is 290 g/mol. The van der Waals surface area contributed by atoms with Crippen LogP contribution in [0.1, 0.15) is 36.4 Å². The molecule has 1 unspecified atom stereocenters. The van der Waals surface area contributed by atoms with Crippen LogP contribution in [0.2, 0.25) is 0 Å². The van der Waals surface area contributed by atoms with E-state index in [4.69, 9.17) is 4.52 Å². The molecule has 2 heterocycles. The second-order valence-corrected chi connectivity index (χ2v) is 5.36. The fraction of sp³-hybridized carbons (Fsp3) is 0.294. The van der Waals surface area contributed by atoms with E-state index in [-0.39, 0.29) is 6.04 Å².